The summed E-state index contributed by atoms with van der Waals surface area (Å²) in [5.41, 5.74) is 5.31. The molecule has 2 N–H and O–H groups in total. The zero-order valence-corrected chi connectivity index (χ0v) is 7.83. The number of hydrogen-bond donors (Lipinski definition) is 1. The maximum absolute atomic E-state index is 5.88. The first kappa shape index (κ1) is 10.5. The normalized spacial score (nSPS) is 16.8. The highest BCUT2D eigenvalue weighted by Crippen LogP contribution is 2.15. The Bertz CT molecular complexity index is 76.0. The van der Waals surface area contributed by atoms with Crippen LogP contribution in [0.2, 0.25) is 0 Å². The molecule has 1 nitrogen and oxygen atoms in total. The van der Waals surface area contributed by atoms with Crippen LogP contribution in [-0.4, -0.2) is 17.3 Å². The lowest BCUT2D eigenvalue weighted by Gasteiger charge is -2.09. The van der Waals surface area contributed by atoms with Gasteiger partial charge in [-0.1, -0.05) is 6.42 Å². The summed E-state index contributed by atoms with van der Waals surface area (Å²) in [6.07, 6.45) is 3.11. The van der Waals surface area contributed by atoms with Crippen molar-refractivity contribution in [2.24, 2.45) is 5.73 Å². The van der Waals surface area contributed by atoms with Crippen molar-refractivity contribution in [1.29, 1.82) is 0 Å². The van der Waals surface area contributed by atoms with Gasteiger partial charge in [0.1, 0.15) is 0 Å². The molecule has 0 spiro atoms. The van der Waals surface area contributed by atoms with Gasteiger partial charge in [-0.3, -0.25) is 0 Å². The molecule has 0 aliphatic heterocycles. The zero-order chi connectivity index (χ0) is 7.98. The van der Waals surface area contributed by atoms with E-state index < -0.39 is 0 Å². The van der Waals surface area contributed by atoms with Gasteiger partial charge in [0, 0.05) is 10.8 Å². The van der Waals surface area contributed by atoms with Gasteiger partial charge in [-0.25, -0.2) is 0 Å². The third kappa shape index (κ3) is 5.33. The Kier molecular flexibility index (Phi) is 6.60. The van der Waals surface area contributed by atoms with Gasteiger partial charge in [0.15, 0.2) is 0 Å². The van der Waals surface area contributed by atoms with Gasteiger partial charge in [-0.05, 0) is 26.3 Å². The highest BCUT2D eigenvalue weighted by Gasteiger charge is 2.09. The van der Waals surface area contributed by atoms with Crippen molar-refractivity contribution in [2.75, 3.05) is 6.54 Å². The summed E-state index contributed by atoms with van der Waals surface area (Å²) in [5, 5.41) is 0.174. The molecular formula is C7H15Cl2N. The summed E-state index contributed by atoms with van der Waals surface area (Å²) >= 11 is 11.6. The quantitative estimate of drug-likeness (QED) is 0.515. The molecule has 0 radical (unpaired) electrons. The number of hydrogen-bond acceptors (Lipinski definition) is 1. The fourth-order valence-electron chi connectivity index (χ4n) is 0.713. The van der Waals surface area contributed by atoms with E-state index in [1.165, 1.54) is 0 Å². The maximum atomic E-state index is 5.88. The molecule has 2 atom stereocenters. The SMILES string of the molecule is CC(Cl)C(Cl)CCCCN. The van der Waals surface area contributed by atoms with Crippen molar-refractivity contribution in [2.45, 2.75) is 36.9 Å². The smallest absolute Gasteiger partial charge is 0.0497 e. The van der Waals surface area contributed by atoms with E-state index in [-0.39, 0.29) is 10.8 Å². The zero-order valence-electron chi connectivity index (χ0n) is 6.32. The lowest BCUT2D eigenvalue weighted by molar-refractivity contribution is 0.648. The molecule has 2 unspecified atom stereocenters. The number of rotatable bonds is 5. The van der Waals surface area contributed by atoms with Crippen molar-refractivity contribution in [1.82, 2.24) is 0 Å². The molecule has 0 fully saturated rings. The summed E-state index contributed by atoms with van der Waals surface area (Å²) in [6.45, 7) is 2.67. The van der Waals surface area contributed by atoms with E-state index >= 15 is 0 Å². The molecule has 0 aliphatic carbocycles. The fraction of sp³-hybridized carbons (Fsp3) is 1.00. The second kappa shape index (κ2) is 6.26. The van der Waals surface area contributed by atoms with Crippen molar-refractivity contribution in [3.8, 4) is 0 Å². The third-order valence-corrected chi connectivity index (χ3v) is 2.46. The van der Waals surface area contributed by atoms with Gasteiger partial charge in [0.25, 0.3) is 0 Å². The van der Waals surface area contributed by atoms with E-state index in [9.17, 15) is 0 Å². The van der Waals surface area contributed by atoms with E-state index in [0.717, 1.165) is 25.8 Å². The predicted molar refractivity (Wildman–Crippen MR) is 47.9 cm³/mol. The van der Waals surface area contributed by atoms with Crippen LogP contribution in [0.4, 0.5) is 0 Å². The molecule has 0 heterocycles. The number of halogens is 2. The molecule has 0 bridgehead atoms. The summed E-state index contributed by atoms with van der Waals surface area (Å²) in [6, 6.07) is 0. The maximum Gasteiger partial charge on any atom is 0.0497 e. The van der Waals surface area contributed by atoms with Crippen LogP contribution < -0.4 is 5.73 Å². The van der Waals surface area contributed by atoms with Crippen molar-refractivity contribution >= 4 is 23.2 Å². The van der Waals surface area contributed by atoms with E-state index in [2.05, 4.69) is 0 Å². The summed E-state index contributed by atoms with van der Waals surface area (Å²) in [7, 11) is 0. The number of unbranched alkanes of at least 4 members (excludes halogenated alkanes) is 1. The number of nitrogens with two attached hydrogens (primary N) is 1. The van der Waals surface area contributed by atoms with Gasteiger partial charge < -0.3 is 5.73 Å². The van der Waals surface area contributed by atoms with E-state index in [0.29, 0.717) is 0 Å². The first-order valence-electron chi connectivity index (χ1n) is 3.66. The molecule has 0 aromatic heterocycles. The highest BCUT2D eigenvalue weighted by molar-refractivity contribution is 6.29. The van der Waals surface area contributed by atoms with Crippen LogP contribution in [0.1, 0.15) is 26.2 Å². The second-order valence-electron chi connectivity index (χ2n) is 2.48. The van der Waals surface area contributed by atoms with Crippen LogP contribution in [0.3, 0.4) is 0 Å². The minimum absolute atomic E-state index is 0.0689. The van der Waals surface area contributed by atoms with Crippen molar-refractivity contribution in [3.05, 3.63) is 0 Å². The van der Waals surface area contributed by atoms with Gasteiger partial charge in [0.05, 0.1) is 0 Å². The highest BCUT2D eigenvalue weighted by atomic mass is 35.5. The first-order chi connectivity index (χ1) is 4.68. The Morgan fingerprint density at radius 3 is 2.30 bits per heavy atom. The van der Waals surface area contributed by atoms with E-state index in [1.807, 2.05) is 6.92 Å². The van der Waals surface area contributed by atoms with Crippen LogP contribution in [-0.2, 0) is 0 Å². The molecule has 62 valence electrons. The first-order valence-corrected chi connectivity index (χ1v) is 4.54. The lowest BCUT2D eigenvalue weighted by Crippen LogP contribution is -2.11. The molecule has 0 aromatic rings. The molecular weight excluding hydrogens is 169 g/mol. The second-order valence-corrected chi connectivity index (χ2v) is 3.73. The predicted octanol–water partition coefficient (Wildman–Crippen LogP) is 2.35. The molecule has 0 saturated carbocycles. The lowest BCUT2D eigenvalue weighted by atomic mass is 10.1. The van der Waals surface area contributed by atoms with Gasteiger partial charge in [-0.15, -0.1) is 23.2 Å². The van der Waals surface area contributed by atoms with Crippen molar-refractivity contribution in [3.63, 3.8) is 0 Å². The Morgan fingerprint density at radius 1 is 1.30 bits per heavy atom. The van der Waals surface area contributed by atoms with Crippen LogP contribution in [0.15, 0.2) is 0 Å². The summed E-state index contributed by atoms with van der Waals surface area (Å²) < 4.78 is 0. The molecule has 0 amide bonds. The molecule has 0 saturated heterocycles. The van der Waals surface area contributed by atoms with Crippen LogP contribution in [0.5, 0.6) is 0 Å². The average molecular weight is 184 g/mol. The summed E-state index contributed by atoms with van der Waals surface area (Å²) in [4.78, 5) is 0. The molecule has 10 heavy (non-hydrogen) atoms. The minimum Gasteiger partial charge on any atom is -0.330 e. The van der Waals surface area contributed by atoms with Crippen LogP contribution in [0.25, 0.3) is 0 Å². The number of alkyl halides is 2. The van der Waals surface area contributed by atoms with Gasteiger partial charge >= 0.3 is 0 Å². The molecule has 0 aromatic carbocycles. The fourth-order valence-corrected chi connectivity index (χ4v) is 0.994. The third-order valence-electron chi connectivity index (χ3n) is 1.43. The Labute approximate surface area is 72.9 Å². The summed E-state index contributed by atoms with van der Waals surface area (Å²) in [5.74, 6) is 0. The Hall–Kier alpha value is 0.540. The van der Waals surface area contributed by atoms with Gasteiger partial charge in [-0.2, -0.15) is 0 Å². The van der Waals surface area contributed by atoms with Crippen molar-refractivity contribution < 1.29 is 0 Å². The topological polar surface area (TPSA) is 26.0 Å². The average Bonchev–Trinajstić information content (AvgIpc) is 1.88. The van der Waals surface area contributed by atoms with Crippen LogP contribution in [0, 0.1) is 0 Å². The van der Waals surface area contributed by atoms with E-state index in [4.69, 9.17) is 28.9 Å². The monoisotopic (exact) mass is 183 g/mol. The minimum atomic E-state index is 0.0689. The molecule has 0 rings (SSSR count). The molecule has 0 aliphatic rings. The standard InChI is InChI=1S/C7H15Cl2N/c1-6(8)7(9)4-2-3-5-10/h6-7H,2-5,10H2,1H3. The largest absolute Gasteiger partial charge is 0.330 e. The van der Waals surface area contributed by atoms with Gasteiger partial charge in [0.2, 0.25) is 0 Å². The van der Waals surface area contributed by atoms with E-state index in [1.54, 1.807) is 0 Å². The molecule has 3 heteroatoms. The Balaban J connectivity index is 3.13. The Morgan fingerprint density at radius 2 is 1.90 bits per heavy atom. The van der Waals surface area contributed by atoms with Crippen LogP contribution >= 0.6 is 23.2 Å².